The Labute approximate surface area is 193 Å². The molecule has 4 rings (SSSR count). The maximum Gasteiger partial charge on any atom is 0.407 e. The first-order valence-electron chi connectivity index (χ1n) is 11.6. The van der Waals surface area contributed by atoms with Crippen molar-refractivity contribution < 1.29 is 24.2 Å². The third kappa shape index (κ3) is 5.35. The number of nitrogens with zero attached hydrogens (tertiary/aromatic N) is 1. The first kappa shape index (κ1) is 22.8. The van der Waals surface area contributed by atoms with Crippen LogP contribution in [0.15, 0.2) is 48.5 Å². The monoisotopic (exact) mass is 450 g/mol. The van der Waals surface area contributed by atoms with Gasteiger partial charge >= 0.3 is 12.1 Å². The fraction of sp³-hybridized carbons (Fsp3) is 0.423. The van der Waals surface area contributed by atoms with E-state index in [9.17, 15) is 14.4 Å². The van der Waals surface area contributed by atoms with Crippen LogP contribution in [-0.4, -0.2) is 54.2 Å². The number of unbranched alkanes of at least 4 members (excludes halogenated alkanes) is 1. The molecule has 1 saturated heterocycles. The van der Waals surface area contributed by atoms with Gasteiger partial charge in [-0.1, -0.05) is 48.5 Å². The van der Waals surface area contributed by atoms with Gasteiger partial charge in [0, 0.05) is 32.0 Å². The molecule has 1 unspecified atom stereocenters. The molecule has 1 heterocycles. The molecule has 0 saturated carbocycles. The molecule has 2 aromatic carbocycles. The van der Waals surface area contributed by atoms with E-state index in [4.69, 9.17) is 9.84 Å². The van der Waals surface area contributed by atoms with Gasteiger partial charge in [-0.05, 0) is 47.9 Å². The molecule has 1 fully saturated rings. The number of aliphatic carboxylic acids is 1. The van der Waals surface area contributed by atoms with Gasteiger partial charge in [0.15, 0.2) is 0 Å². The Balaban J connectivity index is 1.17. The zero-order valence-corrected chi connectivity index (χ0v) is 18.7. The lowest BCUT2D eigenvalue weighted by Crippen LogP contribution is -2.42. The van der Waals surface area contributed by atoms with Crippen LogP contribution in [0, 0.1) is 5.92 Å². The molecule has 2 aromatic rings. The highest BCUT2D eigenvalue weighted by Crippen LogP contribution is 2.44. The number of amides is 2. The minimum atomic E-state index is -0.834. The highest BCUT2D eigenvalue weighted by molar-refractivity contribution is 5.79. The fourth-order valence-corrected chi connectivity index (χ4v) is 4.80. The van der Waals surface area contributed by atoms with E-state index in [-0.39, 0.29) is 18.4 Å². The smallest absolute Gasteiger partial charge is 0.407 e. The number of benzene rings is 2. The molecule has 1 atom stereocenters. The lowest BCUT2D eigenvalue weighted by Gasteiger charge is -2.30. The first-order valence-corrected chi connectivity index (χ1v) is 11.6. The second-order valence-electron chi connectivity index (χ2n) is 8.73. The Morgan fingerprint density at radius 3 is 2.33 bits per heavy atom. The number of hydrogen-bond acceptors (Lipinski definition) is 4. The van der Waals surface area contributed by atoms with E-state index in [2.05, 4.69) is 29.6 Å². The van der Waals surface area contributed by atoms with Crippen molar-refractivity contribution in [3.8, 4) is 11.1 Å². The second-order valence-corrected chi connectivity index (χ2v) is 8.73. The van der Waals surface area contributed by atoms with Crippen LogP contribution >= 0.6 is 0 Å². The third-order valence-corrected chi connectivity index (χ3v) is 6.55. The number of carboxylic acids is 1. The van der Waals surface area contributed by atoms with Crippen molar-refractivity contribution in [2.24, 2.45) is 5.92 Å². The second kappa shape index (κ2) is 10.5. The number of ether oxygens (including phenoxy) is 1. The third-order valence-electron chi connectivity index (χ3n) is 6.55. The van der Waals surface area contributed by atoms with Gasteiger partial charge in [-0.25, -0.2) is 4.79 Å². The molecular formula is C26H30N2O5. The number of piperidine rings is 1. The van der Waals surface area contributed by atoms with Crippen molar-refractivity contribution >= 4 is 18.0 Å². The minimum Gasteiger partial charge on any atom is -0.481 e. The molecule has 0 aromatic heterocycles. The number of likely N-dealkylation sites (tertiary alicyclic amines) is 1. The molecule has 2 N–H and O–H groups in total. The molecule has 0 spiro atoms. The lowest BCUT2D eigenvalue weighted by molar-refractivity contribution is -0.145. The van der Waals surface area contributed by atoms with E-state index >= 15 is 0 Å². The summed E-state index contributed by atoms with van der Waals surface area (Å²) in [5, 5.41) is 11.9. The molecular weight excluding hydrogens is 420 g/mol. The number of hydrogen-bond donors (Lipinski definition) is 2. The van der Waals surface area contributed by atoms with Gasteiger partial charge in [0.25, 0.3) is 0 Å². The molecule has 174 valence electrons. The Bertz CT molecular complexity index is 976. The zero-order chi connectivity index (χ0) is 23.2. The van der Waals surface area contributed by atoms with Crippen LogP contribution in [0.4, 0.5) is 4.79 Å². The number of alkyl carbamates (subject to hydrolysis) is 1. The zero-order valence-electron chi connectivity index (χ0n) is 18.7. The van der Waals surface area contributed by atoms with Gasteiger partial charge in [0.05, 0.1) is 5.92 Å². The van der Waals surface area contributed by atoms with Crippen molar-refractivity contribution in [3.05, 3.63) is 59.7 Å². The van der Waals surface area contributed by atoms with Crippen molar-refractivity contribution in [3.63, 3.8) is 0 Å². The van der Waals surface area contributed by atoms with E-state index in [0.29, 0.717) is 45.3 Å². The molecule has 1 aliphatic heterocycles. The summed E-state index contributed by atoms with van der Waals surface area (Å²) in [5.74, 6) is -1.28. The average molecular weight is 451 g/mol. The summed E-state index contributed by atoms with van der Waals surface area (Å²) in [5.41, 5.74) is 4.73. The average Bonchev–Trinajstić information content (AvgIpc) is 3.16. The van der Waals surface area contributed by atoms with E-state index in [0.717, 1.165) is 6.42 Å². The normalized spacial score (nSPS) is 17.2. The van der Waals surface area contributed by atoms with Crippen LogP contribution in [0.25, 0.3) is 11.1 Å². The van der Waals surface area contributed by atoms with Crippen molar-refractivity contribution in [1.29, 1.82) is 0 Å². The molecule has 2 aliphatic rings. The van der Waals surface area contributed by atoms with Gasteiger partial charge in [-0.2, -0.15) is 0 Å². The topological polar surface area (TPSA) is 95.9 Å². The van der Waals surface area contributed by atoms with Crippen molar-refractivity contribution in [2.75, 3.05) is 26.2 Å². The van der Waals surface area contributed by atoms with Gasteiger partial charge in [-0.3, -0.25) is 9.59 Å². The minimum absolute atomic E-state index is 0.0120. The Kier molecular flexibility index (Phi) is 7.27. The SMILES string of the molecule is O=C(NCCCCC(=O)N1CCCC(C(=O)O)C1)OCC1c2ccccc2-c2ccccc21. The molecule has 1 aliphatic carbocycles. The number of carbonyl (C=O) groups is 3. The van der Waals surface area contributed by atoms with E-state index in [1.807, 2.05) is 24.3 Å². The summed E-state index contributed by atoms with van der Waals surface area (Å²) in [6.45, 7) is 1.63. The predicted molar refractivity (Wildman–Crippen MR) is 124 cm³/mol. The molecule has 33 heavy (non-hydrogen) atoms. The Morgan fingerprint density at radius 1 is 1.00 bits per heavy atom. The summed E-state index contributed by atoms with van der Waals surface area (Å²) >= 11 is 0. The number of carboxylic acid groups (broad SMARTS) is 1. The fourth-order valence-electron chi connectivity index (χ4n) is 4.80. The van der Waals surface area contributed by atoms with E-state index in [1.165, 1.54) is 22.3 Å². The lowest BCUT2D eigenvalue weighted by atomic mass is 9.98. The van der Waals surface area contributed by atoms with Crippen molar-refractivity contribution in [1.82, 2.24) is 10.2 Å². The van der Waals surface area contributed by atoms with Gasteiger partial charge in [0.1, 0.15) is 6.61 Å². The van der Waals surface area contributed by atoms with Crippen LogP contribution in [0.1, 0.15) is 49.1 Å². The highest BCUT2D eigenvalue weighted by atomic mass is 16.5. The summed E-state index contributed by atoms with van der Waals surface area (Å²) in [6.07, 6.45) is 2.56. The summed E-state index contributed by atoms with van der Waals surface area (Å²) in [6, 6.07) is 16.4. The first-order chi connectivity index (χ1) is 16.0. The summed E-state index contributed by atoms with van der Waals surface area (Å²) in [4.78, 5) is 37.3. The summed E-state index contributed by atoms with van der Waals surface area (Å²) in [7, 11) is 0. The largest absolute Gasteiger partial charge is 0.481 e. The van der Waals surface area contributed by atoms with Crippen LogP contribution in [0.2, 0.25) is 0 Å². The Hall–Kier alpha value is -3.35. The van der Waals surface area contributed by atoms with Gasteiger partial charge < -0.3 is 20.1 Å². The number of rotatable bonds is 8. The summed E-state index contributed by atoms with van der Waals surface area (Å²) < 4.78 is 5.52. The van der Waals surface area contributed by atoms with Crippen LogP contribution < -0.4 is 5.32 Å². The van der Waals surface area contributed by atoms with E-state index < -0.39 is 18.0 Å². The predicted octanol–water partition coefficient (Wildman–Crippen LogP) is 4.02. The number of nitrogens with one attached hydrogen (secondary N) is 1. The van der Waals surface area contributed by atoms with Gasteiger partial charge in [-0.15, -0.1) is 0 Å². The molecule has 7 nitrogen and oxygen atoms in total. The highest BCUT2D eigenvalue weighted by Gasteiger charge is 2.29. The number of fused-ring (bicyclic) bond motifs is 3. The molecule has 2 amide bonds. The van der Waals surface area contributed by atoms with E-state index in [1.54, 1.807) is 4.90 Å². The van der Waals surface area contributed by atoms with Gasteiger partial charge in [0.2, 0.25) is 5.91 Å². The Morgan fingerprint density at radius 2 is 1.67 bits per heavy atom. The van der Waals surface area contributed by atoms with Crippen LogP contribution in [0.3, 0.4) is 0 Å². The molecule has 7 heteroatoms. The van der Waals surface area contributed by atoms with Crippen LogP contribution in [0.5, 0.6) is 0 Å². The van der Waals surface area contributed by atoms with Crippen molar-refractivity contribution in [2.45, 2.75) is 38.0 Å². The quantitative estimate of drug-likeness (QED) is 0.592. The molecule has 0 radical (unpaired) electrons. The molecule has 0 bridgehead atoms. The standard InChI is InChI=1S/C26H30N2O5/c29-24(28-15-7-8-18(16-28)25(30)31)13-5-6-14-27-26(32)33-17-23-21-11-3-1-9-19(21)20-10-2-4-12-22(20)23/h1-4,9-12,18,23H,5-8,13-17H2,(H,27,32)(H,30,31). The number of carbonyl (C=O) groups excluding carboxylic acids is 2. The maximum absolute atomic E-state index is 12.3. The van der Waals surface area contributed by atoms with Crippen LogP contribution in [-0.2, 0) is 14.3 Å². The maximum atomic E-state index is 12.3.